The zero-order valence-electron chi connectivity index (χ0n) is 13.2. The monoisotopic (exact) mass is 321 g/mol. The number of benzene rings is 1. The van der Waals surface area contributed by atoms with Crippen LogP contribution in [0.2, 0.25) is 0 Å². The van der Waals surface area contributed by atoms with Crippen molar-refractivity contribution < 1.29 is 9.47 Å². The molecule has 0 radical (unpaired) electrons. The van der Waals surface area contributed by atoms with Gasteiger partial charge in [0.2, 0.25) is 6.79 Å². The summed E-state index contributed by atoms with van der Waals surface area (Å²) in [6.45, 7) is 5.44. The molecule has 1 aromatic carbocycles. The van der Waals surface area contributed by atoms with Crippen molar-refractivity contribution in [3.8, 4) is 11.5 Å². The SMILES string of the molecule is CCC1CN(C(=NC)NCc2ccc3c(c2)OCO3)CCS1. The Bertz CT molecular complexity index is 550. The smallest absolute Gasteiger partial charge is 0.231 e. The standard InChI is InChI=1S/C16H23N3O2S/c1-3-13-10-19(6-7-22-13)16(17-2)18-9-12-4-5-14-15(8-12)21-11-20-14/h4-5,8,13H,3,6-7,9-11H2,1-2H3,(H,17,18). The Morgan fingerprint density at radius 2 is 2.27 bits per heavy atom. The molecule has 0 spiro atoms. The zero-order chi connectivity index (χ0) is 15.4. The molecule has 0 saturated carbocycles. The Hall–Kier alpha value is -1.56. The van der Waals surface area contributed by atoms with Crippen molar-refractivity contribution in [2.75, 3.05) is 32.7 Å². The van der Waals surface area contributed by atoms with Gasteiger partial charge in [0, 0.05) is 37.7 Å². The highest BCUT2D eigenvalue weighted by Gasteiger charge is 2.21. The van der Waals surface area contributed by atoms with Crippen LogP contribution in [0.15, 0.2) is 23.2 Å². The molecule has 3 rings (SSSR count). The first-order valence-electron chi connectivity index (χ1n) is 7.76. The summed E-state index contributed by atoms with van der Waals surface area (Å²) >= 11 is 2.07. The van der Waals surface area contributed by atoms with Gasteiger partial charge in [-0.05, 0) is 24.1 Å². The average Bonchev–Trinajstić information content (AvgIpc) is 3.03. The van der Waals surface area contributed by atoms with Crippen LogP contribution in [0.4, 0.5) is 0 Å². The number of nitrogens with one attached hydrogen (secondary N) is 1. The molecule has 0 amide bonds. The van der Waals surface area contributed by atoms with E-state index in [9.17, 15) is 0 Å². The van der Waals surface area contributed by atoms with Gasteiger partial charge in [-0.15, -0.1) is 0 Å². The summed E-state index contributed by atoms with van der Waals surface area (Å²) in [5.41, 5.74) is 1.17. The third-order valence-electron chi connectivity index (χ3n) is 3.99. The molecular weight excluding hydrogens is 298 g/mol. The summed E-state index contributed by atoms with van der Waals surface area (Å²) < 4.78 is 10.8. The predicted octanol–water partition coefficient (Wildman–Crippen LogP) is 2.32. The van der Waals surface area contributed by atoms with Crippen LogP contribution < -0.4 is 14.8 Å². The van der Waals surface area contributed by atoms with Crippen molar-refractivity contribution in [2.24, 2.45) is 4.99 Å². The molecule has 6 heteroatoms. The third kappa shape index (κ3) is 3.43. The fourth-order valence-corrected chi connectivity index (χ4v) is 3.90. The Morgan fingerprint density at radius 1 is 1.41 bits per heavy atom. The largest absolute Gasteiger partial charge is 0.454 e. The minimum atomic E-state index is 0.317. The second kappa shape index (κ2) is 7.13. The van der Waals surface area contributed by atoms with E-state index in [0.29, 0.717) is 12.0 Å². The molecule has 5 nitrogen and oxygen atoms in total. The molecule has 0 bridgehead atoms. The highest BCUT2D eigenvalue weighted by atomic mass is 32.2. The minimum Gasteiger partial charge on any atom is -0.454 e. The molecule has 1 N–H and O–H groups in total. The van der Waals surface area contributed by atoms with Crippen molar-refractivity contribution in [1.29, 1.82) is 0 Å². The van der Waals surface area contributed by atoms with Crippen LogP contribution >= 0.6 is 11.8 Å². The van der Waals surface area contributed by atoms with Gasteiger partial charge in [0.25, 0.3) is 0 Å². The Kier molecular flexibility index (Phi) is 4.97. The quantitative estimate of drug-likeness (QED) is 0.684. The summed E-state index contributed by atoms with van der Waals surface area (Å²) in [4.78, 5) is 6.79. The van der Waals surface area contributed by atoms with E-state index in [1.54, 1.807) is 0 Å². The van der Waals surface area contributed by atoms with Crippen LogP contribution in [-0.4, -0.2) is 48.8 Å². The van der Waals surface area contributed by atoms with E-state index in [1.165, 1.54) is 17.7 Å². The van der Waals surface area contributed by atoms with Crippen molar-refractivity contribution in [3.63, 3.8) is 0 Å². The molecule has 2 aliphatic rings. The number of aliphatic imine (C=N–C) groups is 1. The number of thioether (sulfide) groups is 1. The van der Waals surface area contributed by atoms with Gasteiger partial charge >= 0.3 is 0 Å². The molecule has 1 fully saturated rings. The Morgan fingerprint density at radius 3 is 3.09 bits per heavy atom. The first-order valence-corrected chi connectivity index (χ1v) is 8.80. The molecule has 2 aliphatic heterocycles. The number of nitrogens with zero attached hydrogens (tertiary/aromatic N) is 2. The van der Waals surface area contributed by atoms with E-state index >= 15 is 0 Å². The van der Waals surface area contributed by atoms with E-state index in [4.69, 9.17) is 9.47 Å². The Balaban J connectivity index is 1.59. The van der Waals surface area contributed by atoms with Gasteiger partial charge < -0.3 is 19.7 Å². The second-order valence-corrected chi connectivity index (χ2v) is 6.84. The van der Waals surface area contributed by atoms with Crippen LogP contribution in [-0.2, 0) is 6.54 Å². The van der Waals surface area contributed by atoms with Crippen LogP contribution in [0.3, 0.4) is 0 Å². The average molecular weight is 321 g/mol. The molecule has 1 aromatic rings. The lowest BCUT2D eigenvalue weighted by Gasteiger charge is -2.34. The van der Waals surface area contributed by atoms with Gasteiger partial charge in [0.15, 0.2) is 17.5 Å². The summed E-state index contributed by atoms with van der Waals surface area (Å²) in [6, 6.07) is 6.06. The van der Waals surface area contributed by atoms with Crippen LogP contribution in [0.25, 0.3) is 0 Å². The topological polar surface area (TPSA) is 46.1 Å². The fraction of sp³-hybridized carbons (Fsp3) is 0.562. The van der Waals surface area contributed by atoms with Gasteiger partial charge in [0.1, 0.15) is 0 Å². The summed E-state index contributed by atoms with van der Waals surface area (Å²) in [7, 11) is 1.85. The maximum Gasteiger partial charge on any atom is 0.231 e. The summed E-state index contributed by atoms with van der Waals surface area (Å²) in [6.07, 6.45) is 1.21. The van der Waals surface area contributed by atoms with E-state index in [0.717, 1.165) is 37.1 Å². The Labute approximate surface area is 136 Å². The van der Waals surface area contributed by atoms with Gasteiger partial charge in [-0.3, -0.25) is 4.99 Å². The maximum atomic E-state index is 5.42. The van der Waals surface area contributed by atoms with E-state index in [1.807, 2.05) is 19.2 Å². The van der Waals surface area contributed by atoms with Crippen molar-refractivity contribution in [2.45, 2.75) is 25.1 Å². The molecule has 120 valence electrons. The highest BCUT2D eigenvalue weighted by Crippen LogP contribution is 2.32. The number of hydrogen-bond acceptors (Lipinski definition) is 4. The molecule has 22 heavy (non-hydrogen) atoms. The number of ether oxygens (including phenoxy) is 2. The lowest BCUT2D eigenvalue weighted by Crippen LogP contribution is -2.47. The van der Waals surface area contributed by atoms with Crippen molar-refractivity contribution in [1.82, 2.24) is 10.2 Å². The molecule has 1 unspecified atom stereocenters. The van der Waals surface area contributed by atoms with Crippen LogP contribution in [0, 0.1) is 0 Å². The summed E-state index contributed by atoms with van der Waals surface area (Å²) in [5, 5.41) is 4.17. The normalized spacial score (nSPS) is 21.1. The minimum absolute atomic E-state index is 0.317. The number of guanidine groups is 1. The lowest BCUT2D eigenvalue weighted by atomic mass is 10.2. The molecule has 1 saturated heterocycles. The fourth-order valence-electron chi connectivity index (χ4n) is 2.72. The highest BCUT2D eigenvalue weighted by molar-refractivity contribution is 8.00. The van der Waals surface area contributed by atoms with Crippen LogP contribution in [0.5, 0.6) is 11.5 Å². The number of hydrogen-bond donors (Lipinski definition) is 1. The lowest BCUT2D eigenvalue weighted by molar-refractivity contribution is 0.174. The molecule has 1 atom stereocenters. The maximum absolute atomic E-state index is 5.42. The molecule has 2 heterocycles. The summed E-state index contributed by atoms with van der Waals surface area (Å²) in [5.74, 6) is 3.81. The van der Waals surface area contributed by atoms with Gasteiger partial charge in [0.05, 0.1) is 0 Å². The third-order valence-corrected chi connectivity index (χ3v) is 5.37. The molecular formula is C16H23N3O2S. The van der Waals surface area contributed by atoms with Crippen molar-refractivity contribution >= 4 is 17.7 Å². The van der Waals surface area contributed by atoms with E-state index in [2.05, 4.69) is 40.0 Å². The van der Waals surface area contributed by atoms with Gasteiger partial charge in [-0.2, -0.15) is 11.8 Å². The first kappa shape index (κ1) is 15.3. The van der Waals surface area contributed by atoms with Gasteiger partial charge in [-0.1, -0.05) is 13.0 Å². The molecule has 0 aromatic heterocycles. The first-order chi connectivity index (χ1) is 10.8. The zero-order valence-corrected chi connectivity index (χ0v) is 14.0. The van der Waals surface area contributed by atoms with Crippen LogP contribution in [0.1, 0.15) is 18.9 Å². The number of fused-ring (bicyclic) bond motifs is 1. The van der Waals surface area contributed by atoms with E-state index < -0.39 is 0 Å². The van der Waals surface area contributed by atoms with Crippen molar-refractivity contribution in [3.05, 3.63) is 23.8 Å². The number of rotatable bonds is 3. The van der Waals surface area contributed by atoms with Gasteiger partial charge in [-0.25, -0.2) is 0 Å². The second-order valence-electron chi connectivity index (χ2n) is 5.44. The predicted molar refractivity (Wildman–Crippen MR) is 90.9 cm³/mol. The van der Waals surface area contributed by atoms with E-state index in [-0.39, 0.29) is 0 Å². The molecule has 0 aliphatic carbocycles.